The number of aromatic nitrogens is 1. The number of fused-ring (bicyclic) bond motifs is 3. The van der Waals surface area contributed by atoms with Crippen LogP contribution in [0.1, 0.15) is 11.7 Å². The van der Waals surface area contributed by atoms with Gasteiger partial charge in [-0.25, -0.2) is 0 Å². The van der Waals surface area contributed by atoms with E-state index in [1.54, 1.807) is 11.7 Å². The van der Waals surface area contributed by atoms with Crippen molar-refractivity contribution in [3.63, 3.8) is 0 Å². The number of methoxy groups -OCH3 is 2. The predicted molar refractivity (Wildman–Crippen MR) is 103 cm³/mol. The molecule has 1 aromatic heterocycles. The number of hydrogen-bond donors (Lipinski definition) is 1. The normalized spacial score (nSPS) is 26.0. The molecule has 7 nitrogen and oxygen atoms in total. The lowest BCUT2D eigenvalue weighted by Crippen LogP contribution is -2.41. The zero-order valence-electron chi connectivity index (χ0n) is 16.2. The first-order valence-corrected chi connectivity index (χ1v) is 9.30. The van der Waals surface area contributed by atoms with Crippen molar-refractivity contribution in [1.29, 1.82) is 0 Å². The lowest BCUT2D eigenvalue weighted by molar-refractivity contribution is -0.147. The number of likely N-dealkylation sites (tertiary alicyclic amines) is 1. The van der Waals surface area contributed by atoms with Gasteiger partial charge in [0.15, 0.2) is 0 Å². The number of esters is 1. The van der Waals surface area contributed by atoms with Crippen LogP contribution in [-0.2, 0) is 16.1 Å². The van der Waals surface area contributed by atoms with Crippen LogP contribution in [0.2, 0.25) is 0 Å². The highest BCUT2D eigenvalue weighted by molar-refractivity contribution is 5.77. The molecular weight excluding hydrogens is 360 g/mol. The van der Waals surface area contributed by atoms with Crippen molar-refractivity contribution in [3.05, 3.63) is 52.4 Å². The van der Waals surface area contributed by atoms with Crippen molar-refractivity contribution >= 4 is 5.97 Å². The Labute approximate surface area is 163 Å². The molecule has 7 heteroatoms. The highest BCUT2D eigenvalue weighted by atomic mass is 16.5. The summed E-state index contributed by atoms with van der Waals surface area (Å²) in [5.41, 5.74) is 2.27. The number of likely N-dealkylation sites (N-methyl/N-ethyl adjacent to an activating group) is 1. The summed E-state index contributed by atoms with van der Waals surface area (Å²) in [6, 6.07) is 10.6. The minimum atomic E-state index is -0.505. The summed E-state index contributed by atoms with van der Waals surface area (Å²) in [5.74, 6) is 0.101. The number of nitrogens with zero attached hydrogens (tertiary/aromatic N) is 2. The van der Waals surface area contributed by atoms with E-state index in [0.29, 0.717) is 12.1 Å². The first-order chi connectivity index (χ1) is 13.5. The molecule has 0 radical (unpaired) electrons. The molecule has 1 saturated heterocycles. The summed E-state index contributed by atoms with van der Waals surface area (Å²) < 4.78 is 11.9. The molecule has 1 aromatic carbocycles. The summed E-state index contributed by atoms with van der Waals surface area (Å²) in [6.07, 6.45) is 0. The molecule has 28 heavy (non-hydrogen) atoms. The molecule has 1 N–H and O–H groups in total. The molecule has 2 aliphatic rings. The second kappa shape index (κ2) is 7.07. The van der Waals surface area contributed by atoms with Gasteiger partial charge in [-0.15, -0.1) is 0 Å². The van der Waals surface area contributed by atoms with Gasteiger partial charge in [0.25, 0.3) is 5.56 Å². The van der Waals surface area contributed by atoms with Gasteiger partial charge >= 0.3 is 5.97 Å². The quantitative estimate of drug-likeness (QED) is 0.800. The summed E-state index contributed by atoms with van der Waals surface area (Å²) in [5, 5.41) is 9.94. The van der Waals surface area contributed by atoms with Gasteiger partial charge in [-0.2, -0.15) is 0 Å². The van der Waals surface area contributed by atoms with Crippen molar-refractivity contribution in [2.45, 2.75) is 18.6 Å². The summed E-state index contributed by atoms with van der Waals surface area (Å²) in [4.78, 5) is 27.4. The van der Waals surface area contributed by atoms with Gasteiger partial charge in [0.05, 0.1) is 20.3 Å². The highest BCUT2D eigenvalue weighted by Gasteiger charge is 2.54. The average molecular weight is 384 g/mol. The van der Waals surface area contributed by atoms with Crippen molar-refractivity contribution in [2.24, 2.45) is 11.8 Å². The second-order valence-electron chi connectivity index (χ2n) is 7.40. The number of carbonyl (C=O) groups excluding carboxylic acids is 1. The third-order valence-corrected chi connectivity index (χ3v) is 6.20. The molecule has 1 fully saturated rings. The Morgan fingerprint density at radius 3 is 2.50 bits per heavy atom. The van der Waals surface area contributed by atoms with Crippen molar-refractivity contribution in [3.8, 4) is 16.9 Å². The zero-order chi connectivity index (χ0) is 20.0. The summed E-state index contributed by atoms with van der Waals surface area (Å²) in [7, 11) is 4.82. The monoisotopic (exact) mass is 384 g/mol. The molecule has 0 saturated carbocycles. The molecule has 2 aliphatic heterocycles. The lowest BCUT2D eigenvalue weighted by atomic mass is 9.88. The number of hydrogen-bond acceptors (Lipinski definition) is 6. The van der Waals surface area contributed by atoms with E-state index in [-0.39, 0.29) is 36.0 Å². The maximum atomic E-state index is 13.2. The van der Waals surface area contributed by atoms with Crippen LogP contribution in [0.15, 0.2) is 41.2 Å². The van der Waals surface area contributed by atoms with Gasteiger partial charge in [0.2, 0.25) is 0 Å². The van der Waals surface area contributed by atoms with Crippen LogP contribution in [-0.4, -0.2) is 54.5 Å². The Hall–Kier alpha value is -2.64. The second-order valence-corrected chi connectivity index (χ2v) is 7.40. The Bertz CT molecular complexity index is 952. The largest absolute Gasteiger partial charge is 0.497 e. The Kier molecular flexibility index (Phi) is 4.72. The molecule has 2 aromatic rings. The fraction of sp³-hybridized carbons (Fsp3) is 0.429. The van der Waals surface area contributed by atoms with Gasteiger partial charge in [-0.1, -0.05) is 12.1 Å². The lowest BCUT2D eigenvalue weighted by Gasteiger charge is -2.25. The molecule has 0 aliphatic carbocycles. The first-order valence-electron chi connectivity index (χ1n) is 9.30. The molecule has 4 atom stereocenters. The number of pyridine rings is 1. The number of carbonyl (C=O) groups is 1. The Morgan fingerprint density at radius 1 is 1.18 bits per heavy atom. The van der Waals surface area contributed by atoms with Crippen LogP contribution < -0.4 is 10.3 Å². The van der Waals surface area contributed by atoms with E-state index in [2.05, 4.69) is 0 Å². The number of aliphatic hydroxyl groups excluding tert-OH is 1. The third-order valence-electron chi connectivity index (χ3n) is 6.20. The maximum absolute atomic E-state index is 13.2. The summed E-state index contributed by atoms with van der Waals surface area (Å²) >= 11 is 0. The minimum absolute atomic E-state index is 0.0158. The Morgan fingerprint density at radius 2 is 1.89 bits per heavy atom. The Balaban J connectivity index is 1.74. The highest BCUT2D eigenvalue weighted by Crippen LogP contribution is 2.48. The fourth-order valence-electron chi connectivity index (χ4n) is 4.85. The molecule has 0 unspecified atom stereocenters. The first kappa shape index (κ1) is 18.7. The van der Waals surface area contributed by atoms with E-state index >= 15 is 0 Å². The fourth-order valence-corrected chi connectivity index (χ4v) is 4.85. The number of rotatable bonds is 4. The molecule has 0 spiro atoms. The van der Waals surface area contributed by atoms with Gasteiger partial charge in [-0.3, -0.25) is 14.5 Å². The van der Waals surface area contributed by atoms with Crippen molar-refractivity contribution in [1.82, 2.24) is 9.47 Å². The molecule has 4 rings (SSSR count). The molecular formula is C21H24N2O5. The van der Waals surface area contributed by atoms with Crippen LogP contribution in [0.25, 0.3) is 11.1 Å². The van der Waals surface area contributed by atoms with Crippen LogP contribution >= 0.6 is 0 Å². The smallest absolute Gasteiger partial charge is 0.323 e. The van der Waals surface area contributed by atoms with E-state index in [4.69, 9.17) is 9.47 Å². The van der Waals surface area contributed by atoms with Crippen LogP contribution in [0.3, 0.4) is 0 Å². The molecule has 3 heterocycles. The molecule has 0 amide bonds. The molecule has 148 valence electrons. The van der Waals surface area contributed by atoms with E-state index in [9.17, 15) is 14.7 Å². The predicted octanol–water partition coefficient (Wildman–Crippen LogP) is 1.29. The van der Waals surface area contributed by atoms with Gasteiger partial charge < -0.3 is 19.1 Å². The minimum Gasteiger partial charge on any atom is -0.497 e. The van der Waals surface area contributed by atoms with Crippen LogP contribution in [0.5, 0.6) is 5.75 Å². The number of benzene rings is 1. The van der Waals surface area contributed by atoms with E-state index < -0.39 is 6.04 Å². The van der Waals surface area contributed by atoms with E-state index in [1.807, 2.05) is 48.3 Å². The maximum Gasteiger partial charge on any atom is 0.323 e. The number of aliphatic hydroxyl groups is 1. The molecule has 0 bridgehead atoms. The SMILES string of the molecule is COC(=O)[C@H]1[C@H](CO)[C@H]2Cn3c(ccc(-c4ccc(OC)cc4)c3=O)[C@H]2N1C. The number of ether oxygens (including phenoxy) is 2. The van der Waals surface area contributed by atoms with E-state index in [0.717, 1.165) is 17.0 Å². The van der Waals surface area contributed by atoms with Gasteiger partial charge in [0, 0.05) is 36.2 Å². The average Bonchev–Trinajstić information content (AvgIpc) is 3.23. The van der Waals surface area contributed by atoms with Crippen molar-refractivity contribution in [2.75, 3.05) is 27.9 Å². The zero-order valence-corrected chi connectivity index (χ0v) is 16.2. The van der Waals surface area contributed by atoms with Crippen molar-refractivity contribution < 1.29 is 19.4 Å². The standard InChI is InChI=1S/C21H24N2O5/c1-22-18-15(16(11-24)19(22)21(26)28-3)10-23-17(18)9-8-14(20(23)25)12-4-6-13(27-2)7-5-12/h4-9,15-16,18-19,24H,10-11H2,1-3H3/t15-,16-,18+,19-/m1/s1. The third kappa shape index (κ3) is 2.65. The topological polar surface area (TPSA) is 81.0 Å². The van der Waals surface area contributed by atoms with Crippen LogP contribution in [0, 0.1) is 11.8 Å². The van der Waals surface area contributed by atoms with E-state index in [1.165, 1.54) is 7.11 Å². The van der Waals surface area contributed by atoms with Gasteiger partial charge in [0.1, 0.15) is 11.8 Å². The summed E-state index contributed by atoms with van der Waals surface area (Å²) in [6.45, 7) is 0.352. The van der Waals surface area contributed by atoms with Gasteiger partial charge in [-0.05, 0) is 36.9 Å². The van der Waals surface area contributed by atoms with Crippen LogP contribution in [0.4, 0.5) is 0 Å².